The van der Waals surface area contributed by atoms with Gasteiger partial charge in [0.05, 0.1) is 17.1 Å². The van der Waals surface area contributed by atoms with Crippen LogP contribution in [0.25, 0.3) is 0 Å². The Morgan fingerprint density at radius 3 is 2.87 bits per heavy atom. The molecule has 23 heavy (non-hydrogen) atoms. The summed E-state index contributed by atoms with van der Waals surface area (Å²) in [7, 11) is -0.370. The van der Waals surface area contributed by atoms with E-state index in [4.69, 9.17) is 10.00 Å². The molecule has 1 atom stereocenters. The highest BCUT2D eigenvalue weighted by molar-refractivity contribution is 7.89. The summed E-state index contributed by atoms with van der Waals surface area (Å²) >= 11 is 0. The van der Waals surface area contributed by atoms with Crippen molar-refractivity contribution in [2.24, 2.45) is 5.92 Å². The molecule has 1 fully saturated rings. The van der Waals surface area contributed by atoms with E-state index in [2.05, 4.69) is 4.90 Å². The Kier molecular flexibility index (Phi) is 6.13. The number of likely N-dealkylation sites (tertiary alicyclic amines) is 1. The largest absolute Gasteiger partial charge is 0.383 e. The fraction of sp³-hybridized carbons (Fsp3) is 0.562. The van der Waals surface area contributed by atoms with Gasteiger partial charge in [0, 0.05) is 33.8 Å². The van der Waals surface area contributed by atoms with Crippen molar-refractivity contribution in [1.29, 1.82) is 5.26 Å². The van der Waals surface area contributed by atoms with Crippen molar-refractivity contribution in [3.63, 3.8) is 0 Å². The van der Waals surface area contributed by atoms with Gasteiger partial charge in [-0.2, -0.15) is 5.26 Å². The van der Waals surface area contributed by atoms with E-state index in [1.807, 2.05) is 6.07 Å². The Bertz CT molecular complexity index is 669. The van der Waals surface area contributed by atoms with E-state index in [0.29, 0.717) is 19.1 Å². The molecule has 1 heterocycles. The average Bonchev–Trinajstić information content (AvgIpc) is 3.00. The zero-order valence-electron chi connectivity index (χ0n) is 13.6. The maximum atomic E-state index is 12.7. The molecule has 126 valence electrons. The lowest BCUT2D eigenvalue weighted by molar-refractivity contribution is 0.158. The maximum absolute atomic E-state index is 12.7. The molecule has 1 aliphatic heterocycles. The second kappa shape index (κ2) is 7.88. The normalized spacial score (nSPS) is 19.1. The average molecular weight is 337 g/mol. The predicted octanol–water partition coefficient (Wildman–Crippen LogP) is 1.15. The van der Waals surface area contributed by atoms with Crippen LogP contribution in [-0.2, 0) is 14.8 Å². The summed E-state index contributed by atoms with van der Waals surface area (Å²) in [5, 5.41) is 9.11. The lowest BCUT2D eigenvalue weighted by atomic mass is 10.1. The standard InChI is InChI=1S/C16H23N3O3S/c1-18(12-14-7-8-19(13-14)9-10-22-2)23(20,21)16-6-4-3-5-15(16)11-17/h3-6,14H,7-10,12-13H2,1-2H3/t14-/m1/s1. The number of nitrogens with zero attached hydrogens (tertiary/aromatic N) is 3. The first kappa shape index (κ1) is 17.9. The smallest absolute Gasteiger partial charge is 0.244 e. The van der Waals surface area contributed by atoms with Crippen LogP contribution in [0.3, 0.4) is 0 Å². The van der Waals surface area contributed by atoms with Gasteiger partial charge in [-0.1, -0.05) is 12.1 Å². The van der Waals surface area contributed by atoms with Crippen molar-refractivity contribution in [3.05, 3.63) is 29.8 Å². The molecular formula is C16H23N3O3S. The van der Waals surface area contributed by atoms with Crippen molar-refractivity contribution >= 4 is 10.0 Å². The van der Waals surface area contributed by atoms with Crippen molar-refractivity contribution in [3.8, 4) is 6.07 Å². The molecule has 0 spiro atoms. The van der Waals surface area contributed by atoms with E-state index in [0.717, 1.165) is 26.1 Å². The van der Waals surface area contributed by atoms with Gasteiger partial charge in [-0.25, -0.2) is 12.7 Å². The molecule has 0 amide bonds. The number of ether oxygens (including phenoxy) is 1. The van der Waals surface area contributed by atoms with Gasteiger partial charge in [0.1, 0.15) is 6.07 Å². The molecule has 0 aliphatic carbocycles. The fourth-order valence-electron chi connectivity index (χ4n) is 2.90. The highest BCUT2D eigenvalue weighted by Crippen LogP contribution is 2.22. The Balaban J connectivity index is 2.03. The minimum absolute atomic E-state index is 0.0826. The van der Waals surface area contributed by atoms with Gasteiger partial charge in [0.15, 0.2) is 0 Å². The topological polar surface area (TPSA) is 73.6 Å². The van der Waals surface area contributed by atoms with E-state index < -0.39 is 10.0 Å². The molecular weight excluding hydrogens is 314 g/mol. The van der Waals surface area contributed by atoms with Gasteiger partial charge in [0.2, 0.25) is 10.0 Å². The third-order valence-corrected chi connectivity index (χ3v) is 6.07. The number of rotatable bonds is 7. The lowest BCUT2D eigenvalue weighted by Gasteiger charge is -2.22. The second-order valence-electron chi connectivity index (χ2n) is 5.84. The van der Waals surface area contributed by atoms with Crippen LogP contribution in [0.1, 0.15) is 12.0 Å². The highest BCUT2D eigenvalue weighted by atomic mass is 32.2. The third kappa shape index (κ3) is 4.30. The molecule has 7 heteroatoms. The summed E-state index contributed by atoms with van der Waals surface area (Å²) in [5.41, 5.74) is 0.187. The van der Waals surface area contributed by atoms with Crippen LogP contribution in [-0.4, -0.2) is 64.6 Å². The zero-order valence-corrected chi connectivity index (χ0v) is 14.4. The van der Waals surface area contributed by atoms with Crippen LogP contribution in [0.5, 0.6) is 0 Å². The van der Waals surface area contributed by atoms with Crippen molar-refractivity contribution in [1.82, 2.24) is 9.21 Å². The van der Waals surface area contributed by atoms with E-state index in [1.165, 1.54) is 16.4 Å². The van der Waals surface area contributed by atoms with E-state index >= 15 is 0 Å². The Labute approximate surface area is 138 Å². The molecule has 1 saturated heterocycles. The molecule has 2 rings (SSSR count). The van der Waals surface area contributed by atoms with E-state index in [9.17, 15) is 8.42 Å². The lowest BCUT2D eigenvalue weighted by Crippen LogP contribution is -2.34. The highest BCUT2D eigenvalue weighted by Gasteiger charge is 2.29. The fourth-order valence-corrected chi connectivity index (χ4v) is 4.28. The summed E-state index contributed by atoms with van der Waals surface area (Å²) < 4.78 is 31.8. The first-order valence-corrected chi connectivity index (χ1v) is 9.09. The molecule has 0 bridgehead atoms. The number of hydrogen-bond donors (Lipinski definition) is 0. The first-order valence-electron chi connectivity index (χ1n) is 7.65. The number of methoxy groups -OCH3 is 1. The van der Waals surface area contributed by atoms with Crippen LogP contribution in [0, 0.1) is 17.2 Å². The van der Waals surface area contributed by atoms with Gasteiger partial charge in [-0.15, -0.1) is 0 Å². The maximum Gasteiger partial charge on any atom is 0.244 e. The number of benzene rings is 1. The van der Waals surface area contributed by atoms with Crippen LogP contribution in [0.15, 0.2) is 29.2 Å². The van der Waals surface area contributed by atoms with Crippen LogP contribution < -0.4 is 0 Å². The molecule has 6 nitrogen and oxygen atoms in total. The predicted molar refractivity (Wildman–Crippen MR) is 87.4 cm³/mol. The SMILES string of the molecule is COCCN1CC[C@H](CN(C)S(=O)(=O)c2ccccc2C#N)C1. The van der Waals surface area contributed by atoms with Crippen molar-refractivity contribution < 1.29 is 13.2 Å². The Morgan fingerprint density at radius 1 is 1.43 bits per heavy atom. The van der Waals surface area contributed by atoms with Gasteiger partial charge in [-0.05, 0) is 31.0 Å². The quantitative estimate of drug-likeness (QED) is 0.746. The van der Waals surface area contributed by atoms with Gasteiger partial charge in [0.25, 0.3) is 0 Å². The monoisotopic (exact) mass is 337 g/mol. The first-order chi connectivity index (χ1) is 11.0. The number of nitriles is 1. The van der Waals surface area contributed by atoms with Gasteiger partial charge >= 0.3 is 0 Å². The van der Waals surface area contributed by atoms with Crippen LogP contribution in [0.2, 0.25) is 0 Å². The molecule has 0 aromatic heterocycles. The summed E-state index contributed by atoms with van der Waals surface area (Å²) in [4.78, 5) is 2.37. The van der Waals surface area contributed by atoms with Gasteiger partial charge in [-0.3, -0.25) is 0 Å². The molecule has 0 N–H and O–H groups in total. The molecule has 0 unspecified atom stereocenters. The number of sulfonamides is 1. The summed E-state index contributed by atoms with van der Waals surface area (Å²) in [6.45, 7) is 3.88. The van der Waals surface area contributed by atoms with E-state index in [1.54, 1.807) is 26.3 Å². The summed E-state index contributed by atoms with van der Waals surface area (Å²) in [5.74, 6) is 0.306. The summed E-state index contributed by atoms with van der Waals surface area (Å²) in [6, 6.07) is 8.28. The van der Waals surface area contributed by atoms with Crippen LogP contribution in [0.4, 0.5) is 0 Å². The molecule has 1 aliphatic rings. The third-order valence-electron chi connectivity index (χ3n) is 4.19. The molecule has 0 radical (unpaired) electrons. The second-order valence-corrected chi connectivity index (χ2v) is 7.85. The molecule has 1 aromatic carbocycles. The molecule has 1 aromatic rings. The minimum Gasteiger partial charge on any atom is -0.383 e. The van der Waals surface area contributed by atoms with E-state index in [-0.39, 0.29) is 10.5 Å². The Morgan fingerprint density at radius 2 is 2.17 bits per heavy atom. The zero-order chi connectivity index (χ0) is 16.9. The summed E-state index contributed by atoms with van der Waals surface area (Å²) in [6.07, 6.45) is 0.976. The Hall–Kier alpha value is -1.46. The number of hydrogen-bond acceptors (Lipinski definition) is 5. The van der Waals surface area contributed by atoms with Crippen LogP contribution >= 0.6 is 0 Å². The van der Waals surface area contributed by atoms with Gasteiger partial charge < -0.3 is 9.64 Å². The van der Waals surface area contributed by atoms with Crippen molar-refractivity contribution in [2.45, 2.75) is 11.3 Å². The molecule has 0 saturated carbocycles. The van der Waals surface area contributed by atoms with Crippen molar-refractivity contribution in [2.75, 3.05) is 46.9 Å². The minimum atomic E-state index is -3.64.